The van der Waals surface area contributed by atoms with Crippen LogP contribution in [0.4, 0.5) is 0 Å². The zero-order valence-electron chi connectivity index (χ0n) is 21.4. The number of aryl methyl sites for hydroxylation is 2. The molecule has 0 spiro atoms. The standard InChI is InChI=1S/C32H38N2O2/c1-25-12-11-17-28(22-25)24-34(31(35)21-20-26-13-5-2-6-14-26)30(23-27-15-7-3-8-16-27)32(36)33-29-18-9-4-10-19-29/h2-3,5-8,11-17,22,29-30H,4,9-10,18-21,23-24H2,1H3,(H,33,36)/t30-/m0/s1. The summed E-state index contributed by atoms with van der Waals surface area (Å²) in [6, 6.07) is 28.0. The van der Waals surface area contributed by atoms with Gasteiger partial charge in [-0.05, 0) is 42.9 Å². The Kier molecular flexibility index (Phi) is 9.32. The average molecular weight is 483 g/mol. The Bertz CT molecular complexity index is 1110. The molecule has 4 nitrogen and oxygen atoms in total. The van der Waals surface area contributed by atoms with Crippen molar-refractivity contribution in [1.82, 2.24) is 10.2 Å². The fourth-order valence-electron chi connectivity index (χ4n) is 5.15. The maximum absolute atomic E-state index is 13.8. The van der Waals surface area contributed by atoms with E-state index in [0.717, 1.165) is 47.9 Å². The summed E-state index contributed by atoms with van der Waals surface area (Å²) in [5.41, 5.74) is 4.39. The van der Waals surface area contributed by atoms with E-state index in [-0.39, 0.29) is 17.9 Å². The first-order valence-electron chi connectivity index (χ1n) is 13.3. The molecule has 0 aromatic heterocycles. The molecule has 4 rings (SSSR count). The van der Waals surface area contributed by atoms with Crippen LogP contribution in [0.3, 0.4) is 0 Å². The molecular weight excluding hydrogens is 444 g/mol. The van der Waals surface area contributed by atoms with Gasteiger partial charge in [0.05, 0.1) is 0 Å². The molecule has 0 unspecified atom stereocenters. The Balaban J connectivity index is 1.60. The highest BCUT2D eigenvalue weighted by Gasteiger charge is 2.31. The molecule has 1 atom stereocenters. The van der Waals surface area contributed by atoms with Crippen LogP contribution in [0.5, 0.6) is 0 Å². The van der Waals surface area contributed by atoms with Gasteiger partial charge in [-0.3, -0.25) is 9.59 Å². The molecule has 1 N–H and O–H groups in total. The highest BCUT2D eigenvalue weighted by atomic mass is 16.2. The fourth-order valence-corrected chi connectivity index (χ4v) is 5.15. The number of rotatable bonds is 10. The molecule has 188 valence electrons. The molecule has 0 heterocycles. The van der Waals surface area contributed by atoms with Gasteiger partial charge in [-0.25, -0.2) is 0 Å². The van der Waals surface area contributed by atoms with Gasteiger partial charge in [0.2, 0.25) is 11.8 Å². The van der Waals surface area contributed by atoms with Crippen molar-refractivity contribution in [1.29, 1.82) is 0 Å². The maximum atomic E-state index is 13.8. The SMILES string of the molecule is Cc1cccc(CN(C(=O)CCc2ccccc2)[C@@H](Cc2ccccc2)C(=O)NC2CCCCC2)c1. The van der Waals surface area contributed by atoms with E-state index in [9.17, 15) is 9.59 Å². The summed E-state index contributed by atoms with van der Waals surface area (Å²) in [7, 11) is 0. The quantitative estimate of drug-likeness (QED) is 0.384. The summed E-state index contributed by atoms with van der Waals surface area (Å²) < 4.78 is 0. The van der Waals surface area contributed by atoms with Crippen molar-refractivity contribution < 1.29 is 9.59 Å². The molecule has 0 saturated heterocycles. The van der Waals surface area contributed by atoms with E-state index in [4.69, 9.17) is 0 Å². The lowest BCUT2D eigenvalue weighted by Crippen LogP contribution is -2.52. The molecule has 1 saturated carbocycles. The van der Waals surface area contributed by atoms with Gasteiger partial charge in [0, 0.05) is 25.4 Å². The van der Waals surface area contributed by atoms with Crippen molar-refractivity contribution in [2.24, 2.45) is 0 Å². The molecule has 3 aromatic carbocycles. The van der Waals surface area contributed by atoms with E-state index < -0.39 is 6.04 Å². The van der Waals surface area contributed by atoms with Crippen molar-refractivity contribution in [2.45, 2.75) is 76.9 Å². The number of benzene rings is 3. The van der Waals surface area contributed by atoms with Crippen LogP contribution in [-0.2, 0) is 29.0 Å². The molecular formula is C32H38N2O2. The van der Waals surface area contributed by atoms with Crippen LogP contribution in [0.2, 0.25) is 0 Å². The molecule has 1 fully saturated rings. The van der Waals surface area contributed by atoms with Crippen LogP contribution in [0.25, 0.3) is 0 Å². The second-order valence-electron chi connectivity index (χ2n) is 10.0. The maximum Gasteiger partial charge on any atom is 0.243 e. The van der Waals surface area contributed by atoms with Crippen LogP contribution in [-0.4, -0.2) is 28.8 Å². The molecule has 0 bridgehead atoms. The Labute approximate surface area is 215 Å². The number of nitrogens with zero attached hydrogens (tertiary/aromatic N) is 1. The molecule has 1 aliphatic rings. The van der Waals surface area contributed by atoms with Gasteiger partial charge in [0.1, 0.15) is 6.04 Å². The van der Waals surface area contributed by atoms with Crippen molar-refractivity contribution in [3.63, 3.8) is 0 Å². The van der Waals surface area contributed by atoms with Crippen LogP contribution < -0.4 is 5.32 Å². The highest BCUT2D eigenvalue weighted by Crippen LogP contribution is 2.21. The summed E-state index contributed by atoms with van der Waals surface area (Å²) in [6.45, 7) is 2.48. The number of hydrogen-bond acceptors (Lipinski definition) is 2. The second-order valence-corrected chi connectivity index (χ2v) is 10.0. The number of carbonyl (C=O) groups is 2. The Hall–Kier alpha value is -3.40. The fraction of sp³-hybridized carbons (Fsp3) is 0.375. The van der Waals surface area contributed by atoms with Crippen molar-refractivity contribution in [2.75, 3.05) is 0 Å². The molecule has 3 aromatic rings. The van der Waals surface area contributed by atoms with Crippen LogP contribution in [0.15, 0.2) is 84.9 Å². The smallest absolute Gasteiger partial charge is 0.243 e. The minimum Gasteiger partial charge on any atom is -0.352 e. The van der Waals surface area contributed by atoms with E-state index in [2.05, 4.69) is 36.5 Å². The Morgan fingerprint density at radius 3 is 2.14 bits per heavy atom. The monoisotopic (exact) mass is 482 g/mol. The minimum atomic E-state index is -0.557. The average Bonchev–Trinajstić information content (AvgIpc) is 2.91. The van der Waals surface area contributed by atoms with Gasteiger partial charge < -0.3 is 10.2 Å². The number of amides is 2. The van der Waals surface area contributed by atoms with Gasteiger partial charge in [0.15, 0.2) is 0 Å². The van der Waals surface area contributed by atoms with Gasteiger partial charge >= 0.3 is 0 Å². The van der Waals surface area contributed by atoms with Crippen molar-refractivity contribution in [3.8, 4) is 0 Å². The summed E-state index contributed by atoms with van der Waals surface area (Å²) in [5, 5.41) is 3.31. The molecule has 0 aliphatic heterocycles. The number of hydrogen-bond donors (Lipinski definition) is 1. The summed E-state index contributed by atoms with van der Waals surface area (Å²) in [4.78, 5) is 29.4. The summed E-state index contributed by atoms with van der Waals surface area (Å²) in [6.07, 6.45) is 7.10. The van der Waals surface area contributed by atoms with Crippen LogP contribution >= 0.6 is 0 Å². The zero-order valence-corrected chi connectivity index (χ0v) is 21.4. The number of carbonyl (C=O) groups excluding carboxylic acids is 2. The lowest BCUT2D eigenvalue weighted by molar-refractivity contribution is -0.141. The largest absolute Gasteiger partial charge is 0.352 e. The third-order valence-electron chi connectivity index (χ3n) is 7.13. The Morgan fingerprint density at radius 1 is 0.833 bits per heavy atom. The van der Waals surface area contributed by atoms with Crippen molar-refractivity contribution >= 4 is 11.8 Å². The molecule has 4 heteroatoms. The lowest BCUT2D eigenvalue weighted by atomic mass is 9.94. The van der Waals surface area contributed by atoms with E-state index >= 15 is 0 Å². The summed E-state index contributed by atoms with van der Waals surface area (Å²) in [5.74, 6) is -0.0217. The van der Waals surface area contributed by atoms with Crippen LogP contribution in [0.1, 0.15) is 60.8 Å². The van der Waals surface area contributed by atoms with E-state index in [0.29, 0.717) is 25.8 Å². The van der Waals surface area contributed by atoms with E-state index in [1.54, 1.807) is 0 Å². The Morgan fingerprint density at radius 2 is 1.47 bits per heavy atom. The number of nitrogens with one attached hydrogen (secondary N) is 1. The third kappa shape index (κ3) is 7.55. The van der Waals surface area contributed by atoms with E-state index in [1.807, 2.05) is 65.6 Å². The third-order valence-corrected chi connectivity index (χ3v) is 7.13. The van der Waals surface area contributed by atoms with E-state index in [1.165, 1.54) is 6.42 Å². The van der Waals surface area contributed by atoms with Gasteiger partial charge in [-0.15, -0.1) is 0 Å². The van der Waals surface area contributed by atoms with Gasteiger partial charge in [-0.2, -0.15) is 0 Å². The summed E-state index contributed by atoms with van der Waals surface area (Å²) >= 11 is 0. The topological polar surface area (TPSA) is 49.4 Å². The first-order valence-corrected chi connectivity index (χ1v) is 13.3. The molecule has 0 radical (unpaired) electrons. The second kappa shape index (κ2) is 13.1. The lowest BCUT2D eigenvalue weighted by Gasteiger charge is -2.33. The van der Waals surface area contributed by atoms with Crippen LogP contribution in [0, 0.1) is 6.92 Å². The minimum absolute atomic E-state index is 0.0140. The van der Waals surface area contributed by atoms with Gasteiger partial charge in [0.25, 0.3) is 0 Å². The molecule has 1 aliphatic carbocycles. The molecule has 36 heavy (non-hydrogen) atoms. The predicted octanol–water partition coefficient (Wildman–Crippen LogP) is 6.02. The molecule has 2 amide bonds. The highest BCUT2D eigenvalue weighted by molar-refractivity contribution is 5.88. The zero-order chi connectivity index (χ0) is 25.2. The first kappa shape index (κ1) is 25.7. The predicted molar refractivity (Wildman–Crippen MR) is 145 cm³/mol. The first-order chi connectivity index (χ1) is 17.6. The van der Waals surface area contributed by atoms with Crippen molar-refractivity contribution in [3.05, 3.63) is 107 Å². The normalized spacial score (nSPS) is 14.7. The van der Waals surface area contributed by atoms with Gasteiger partial charge in [-0.1, -0.05) is 110 Å².